The van der Waals surface area contributed by atoms with E-state index in [0.717, 1.165) is 24.8 Å². The fourth-order valence-electron chi connectivity index (χ4n) is 4.08. The van der Waals surface area contributed by atoms with Crippen LogP contribution in [0.25, 0.3) is 0 Å². The van der Waals surface area contributed by atoms with Crippen LogP contribution in [0.5, 0.6) is 0 Å². The molecule has 6 heteroatoms. The average molecular weight is 342 g/mol. The molecule has 0 aliphatic heterocycles. The molecule has 0 bridgehead atoms. The second-order valence-corrected chi connectivity index (χ2v) is 6.68. The number of ether oxygens (including phenoxy) is 1. The van der Waals surface area contributed by atoms with E-state index in [1.54, 1.807) is 18.1 Å². The molecule has 6 nitrogen and oxygen atoms in total. The Morgan fingerprint density at radius 1 is 1.36 bits per heavy atom. The lowest BCUT2D eigenvalue weighted by atomic mass is 9.58. The zero-order valence-corrected chi connectivity index (χ0v) is 15.1. The van der Waals surface area contributed by atoms with Gasteiger partial charge in [-0.05, 0) is 30.9 Å². The molecule has 0 radical (unpaired) electrons. The summed E-state index contributed by atoms with van der Waals surface area (Å²) in [5.41, 5.74) is 1.66. The minimum Gasteiger partial charge on any atom is -0.381 e. The van der Waals surface area contributed by atoms with Gasteiger partial charge in [0.2, 0.25) is 0 Å². The predicted molar refractivity (Wildman–Crippen MR) is 95.2 cm³/mol. The van der Waals surface area contributed by atoms with Crippen LogP contribution in [0.1, 0.15) is 49.0 Å². The summed E-state index contributed by atoms with van der Waals surface area (Å²) in [6.07, 6.45) is 6.23. The Labute approximate surface area is 148 Å². The molecule has 0 unspecified atom stereocenters. The highest BCUT2D eigenvalue weighted by molar-refractivity contribution is 5.96. The van der Waals surface area contributed by atoms with E-state index in [4.69, 9.17) is 4.74 Å². The molecule has 1 saturated carbocycles. The molecule has 1 amide bonds. The standard InChI is InChI=1S/C19H26N4O2/c1-4-19(5-2)16(10-17(19)25-3)22-18(24)15-9-7-6-8-14(15)11-23-13-20-12-21-23/h6-9,12-13,16-17H,4-5,10-11H2,1-3H3,(H,22,24)/t16-,17+/m0/s1. The molecule has 2 aromatic rings. The van der Waals surface area contributed by atoms with Crippen LogP contribution in [0.15, 0.2) is 36.9 Å². The first-order chi connectivity index (χ1) is 12.1. The van der Waals surface area contributed by atoms with E-state index in [1.165, 1.54) is 6.33 Å². The van der Waals surface area contributed by atoms with Crippen LogP contribution in [0.2, 0.25) is 0 Å². The molecule has 0 spiro atoms. The first-order valence-corrected chi connectivity index (χ1v) is 8.88. The first-order valence-electron chi connectivity index (χ1n) is 8.88. The SMILES string of the molecule is CCC1(CC)[C@@H](NC(=O)c2ccccc2Cn2cncn2)C[C@H]1OC. The summed E-state index contributed by atoms with van der Waals surface area (Å²) in [6, 6.07) is 7.82. The number of nitrogens with one attached hydrogen (secondary N) is 1. The monoisotopic (exact) mass is 342 g/mol. The number of carbonyl (C=O) groups excluding carboxylic acids is 1. The Balaban J connectivity index is 1.76. The van der Waals surface area contributed by atoms with Gasteiger partial charge in [-0.15, -0.1) is 0 Å². The molecule has 1 aliphatic carbocycles. The number of hydrogen-bond acceptors (Lipinski definition) is 4. The van der Waals surface area contributed by atoms with Gasteiger partial charge in [0, 0.05) is 24.1 Å². The third-order valence-corrected chi connectivity index (χ3v) is 5.75. The van der Waals surface area contributed by atoms with Crippen LogP contribution in [-0.4, -0.2) is 39.9 Å². The number of rotatable bonds is 7. The lowest BCUT2D eigenvalue weighted by Crippen LogP contribution is -2.64. The maximum absolute atomic E-state index is 12.9. The van der Waals surface area contributed by atoms with Crippen molar-refractivity contribution in [2.24, 2.45) is 5.41 Å². The summed E-state index contributed by atoms with van der Waals surface area (Å²) < 4.78 is 7.35. The van der Waals surface area contributed by atoms with Crippen molar-refractivity contribution in [3.8, 4) is 0 Å². The number of nitrogens with zero attached hydrogens (tertiary/aromatic N) is 3. The van der Waals surface area contributed by atoms with Crippen LogP contribution in [0.3, 0.4) is 0 Å². The number of aromatic nitrogens is 3. The van der Waals surface area contributed by atoms with Crippen molar-refractivity contribution in [1.82, 2.24) is 20.1 Å². The number of amides is 1. The summed E-state index contributed by atoms with van der Waals surface area (Å²) in [5.74, 6) is -0.0263. The maximum Gasteiger partial charge on any atom is 0.251 e. The molecule has 1 aromatic carbocycles. The minimum atomic E-state index is -0.0263. The van der Waals surface area contributed by atoms with Gasteiger partial charge in [0.15, 0.2) is 0 Å². The maximum atomic E-state index is 12.9. The summed E-state index contributed by atoms with van der Waals surface area (Å²) >= 11 is 0. The van der Waals surface area contributed by atoms with Gasteiger partial charge >= 0.3 is 0 Å². The molecule has 1 aromatic heterocycles. The Kier molecular flexibility index (Phi) is 5.18. The Morgan fingerprint density at radius 3 is 2.76 bits per heavy atom. The third-order valence-electron chi connectivity index (χ3n) is 5.75. The van der Waals surface area contributed by atoms with Gasteiger partial charge in [-0.25, -0.2) is 9.67 Å². The lowest BCUT2D eigenvalue weighted by Gasteiger charge is -2.55. The number of hydrogen-bond donors (Lipinski definition) is 1. The van der Waals surface area contributed by atoms with Gasteiger partial charge in [-0.1, -0.05) is 32.0 Å². The van der Waals surface area contributed by atoms with Crippen LogP contribution in [0, 0.1) is 5.41 Å². The van der Waals surface area contributed by atoms with E-state index >= 15 is 0 Å². The minimum absolute atomic E-state index is 0.0263. The molecular formula is C19H26N4O2. The van der Waals surface area contributed by atoms with E-state index < -0.39 is 0 Å². The first kappa shape index (κ1) is 17.6. The van der Waals surface area contributed by atoms with Crippen LogP contribution in [-0.2, 0) is 11.3 Å². The summed E-state index contributed by atoms with van der Waals surface area (Å²) in [7, 11) is 1.76. The van der Waals surface area contributed by atoms with Gasteiger partial charge in [0.1, 0.15) is 12.7 Å². The second kappa shape index (κ2) is 7.35. The van der Waals surface area contributed by atoms with E-state index in [0.29, 0.717) is 12.1 Å². The number of carbonyl (C=O) groups is 1. The molecule has 134 valence electrons. The van der Waals surface area contributed by atoms with Crippen molar-refractivity contribution >= 4 is 5.91 Å². The number of benzene rings is 1. The van der Waals surface area contributed by atoms with E-state index in [-0.39, 0.29) is 23.5 Å². The molecule has 1 N–H and O–H groups in total. The smallest absolute Gasteiger partial charge is 0.251 e. The zero-order valence-electron chi connectivity index (χ0n) is 15.1. The normalized spacial score (nSPS) is 21.6. The highest BCUT2D eigenvalue weighted by Gasteiger charge is 2.53. The lowest BCUT2D eigenvalue weighted by molar-refractivity contribution is -0.120. The van der Waals surface area contributed by atoms with Crippen molar-refractivity contribution in [1.29, 1.82) is 0 Å². The highest BCUT2D eigenvalue weighted by atomic mass is 16.5. The van der Waals surface area contributed by atoms with Crippen molar-refractivity contribution in [3.05, 3.63) is 48.0 Å². The number of methoxy groups -OCH3 is 1. The predicted octanol–water partition coefficient (Wildman–Crippen LogP) is 2.65. The molecule has 0 saturated heterocycles. The quantitative estimate of drug-likeness (QED) is 0.840. The molecule has 1 aliphatic rings. The molecule has 25 heavy (non-hydrogen) atoms. The van der Waals surface area contributed by atoms with Gasteiger partial charge in [-0.3, -0.25) is 4.79 Å². The van der Waals surface area contributed by atoms with Gasteiger partial charge in [0.05, 0.1) is 12.6 Å². The van der Waals surface area contributed by atoms with Crippen molar-refractivity contribution in [2.45, 2.75) is 51.8 Å². The largest absolute Gasteiger partial charge is 0.381 e. The molecule has 1 heterocycles. The second-order valence-electron chi connectivity index (χ2n) is 6.68. The molecule has 2 atom stereocenters. The Bertz CT molecular complexity index is 710. The zero-order chi connectivity index (χ0) is 17.9. The van der Waals surface area contributed by atoms with E-state index in [2.05, 4.69) is 29.2 Å². The van der Waals surface area contributed by atoms with E-state index in [9.17, 15) is 4.79 Å². The van der Waals surface area contributed by atoms with E-state index in [1.807, 2.05) is 24.3 Å². The van der Waals surface area contributed by atoms with Gasteiger partial charge in [0.25, 0.3) is 5.91 Å². The van der Waals surface area contributed by atoms with Crippen LogP contribution < -0.4 is 5.32 Å². The molecule has 3 rings (SSSR count). The molecular weight excluding hydrogens is 316 g/mol. The van der Waals surface area contributed by atoms with Gasteiger partial charge < -0.3 is 10.1 Å². The fourth-order valence-corrected chi connectivity index (χ4v) is 4.08. The highest BCUT2D eigenvalue weighted by Crippen LogP contribution is 2.48. The summed E-state index contributed by atoms with van der Waals surface area (Å²) in [4.78, 5) is 16.9. The molecule has 1 fully saturated rings. The van der Waals surface area contributed by atoms with Crippen LogP contribution >= 0.6 is 0 Å². The topological polar surface area (TPSA) is 69.0 Å². The van der Waals surface area contributed by atoms with Crippen molar-refractivity contribution in [3.63, 3.8) is 0 Å². The fraction of sp³-hybridized carbons (Fsp3) is 0.526. The third kappa shape index (κ3) is 3.18. The average Bonchev–Trinajstić information content (AvgIpc) is 3.13. The Morgan fingerprint density at radius 2 is 2.12 bits per heavy atom. The Hall–Kier alpha value is -2.21. The summed E-state index contributed by atoms with van der Waals surface area (Å²) in [5, 5.41) is 7.37. The van der Waals surface area contributed by atoms with Crippen molar-refractivity contribution in [2.75, 3.05) is 7.11 Å². The van der Waals surface area contributed by atoms with Crippen molar-refractivity contribution < 1.29 is 9.53 Å². The summed E-state index contributed by atoms with van der Waals surface area (Å²) in [6.45, 7) is 4.88. The van der Waals surface area contributed by atoms with Crippen LogP contribution in [0.4, 0.5) is 0 Å². The van der Waals surface area contributed by atoms with Gasteiger partial charge in [-0.2, -0.15) is 5.10 Å².